The van der Waals surface area contributed by atoms with Crippen molar-refractivity contribution in [2.24, 2.45) is 0 Å². The van der Waals surface area contributed by atoms with Crippen LogP contribution in [-0.4, -0.2) is 19.0 Å². The van der Waals surface area contributed by atoms with E-state index < -0.39 is 0 Å². The van der Waals surface area contributed by atoms with E-state index in [-0.39, 0.29) is 5.91 Å². The van der Waals surface area contributed by atoms with Gasteiger partial charge in [-0.1, -0.05) is 33.1 Å². The molecule has 0 heterocycles. The van der Waals surface area contributed by atoms with Gasteiger partial charge in [0.05, 0.1) is 0 Å². The van der Waals surface area contributed by atoms with Crippen molar-refractivity contribution in [1.82, 2.24) is 5.32 Å². The maximum atomic E-state index is 12.2. The van der Waals surface area contributed by atoms with Gasteiger partial charge in [0, 0.05) is 24.3 Å². The fraction of sp³-hybridized carbons (Fsp3) is 0.562. The van der Waals surface area contributed by atoms with Crippen molar-refractivity contribution in [3.63, 3.8) is 0 Å². The molecule has 0 saturated heterocycles. The van der Waals surface area contributed by atoms with Crippen molar-refractivity contribution in [2.45, 2.75) is 52.0 Å². The lowest BCUT2D eigenvalue weighted by atomic mass is 10.0. The summed E-state index contributed by atoms with van der Waals surface area (Å²) >= 11 is 0. The van der Waals surface area contributed by atoms with Crippen LogP contribution in [0, 0.1) is 0 Å². The maximum absolute atomic E-state index is 12.2. The number of nitrogens with one attached hydrogen (secondary N) is 2. The molecule has 0 bridgehead atoms. The number of anilines is 1. The molecular formula is C16H26N2O. The molecule has 1 aromatic rings. The summed E-state index contributed by atoms with van der Waals surface area (Å²) in [6, 6.07) is 7.89. The van der Waals surface area contributed by atoms with Crippen LogP contribution in [-0.2, 0) is 0 Å². The lowest BCUT2D eigenvalue weighted by Gasteiger charge is -2.18. The second kappa shape index (κ2) is 8.57. The van der Waals surface area contributed by atoms with Crippen LogP contribution in [0.4, 0.5) is 5.69 Å². The van der Waals surface area contributed by atoms with Crippen LogP contribution in [0.25, 0.3) is 0 Å². The van der Waals surface area contributed by atoms with Crippen LogP contribution in [0.1, 0.15) is 56.3 Å². The first-order valence-electron chi connectivity index (χ1n) is 7.29. The van der Waals surface area contributed by atoms with Crippen LogP contribution < -0.4 is 10.6 Å². The molecule has 0 aromatic heterocycles. The summed E-state index contributed by atoms with van der Waals surface area (Å²) in [5.74, 6) is 0.0391. The highest BCUT2D eigenvalue weighted by molar-refractivity contribution is 5.94. The van der Waals surface area contributed by atoms with Crippen molar-refractivity contribution in [2.75, 3.05) is 12.4 Å². The van der Waals surface area contributed by atoms with Gasteiger partial charge in [-0.15, -0.1) is 0 Å². The number of hydrogen-bond acceptors (Lipinski definition) is 2. The Morgan fingerprint density at radius 3 is 2.32 bits per heavy atom. The third-order valence-corrected chi connectivity index (χ3v) is 3.31. The minimum absolute atomic E-state index is 0.0391. The standard InChI is InChI=1S/C16H26N2O/c1-4-6-8-15(7-5-2)18-16(19)13-9-11-14(17-3)12-10-13/h9-12,15,17H,4-8H2,1-3H3,(H,18,19). The van der Waals surface area contributed by atoms with Gasteiger partial charge in [0.1, 0.15) is 0 Å². The van der Waals surface area contributed by atoms with Crippen LogP contribution in [0.2, 0.25) is 0 Å². The van der Waals surface area contributed by atoms with Gasteiger partial charge >= 0.3 is 0 Å². The summed E-state index contributed by atoms with van der Waals surface area (Å²) in [4.78, 5) is 12.2. The van der Waals surface area contributed by atoms with E-state index in [0.717, 1.165) is 30.5 Å². The van der Waals surface area contributed by atoms with Crippen molar-refractivity contribution in [1.29, 1.82) is 0 Å². The molecule has 1 atom stereocenters. The SMILES string of the molecule is CCCCC(CCC)NC(=O)c1ccc(NC)cc1. The first-order chi connectivity index (χ1) is 9.21. The monoisotopic (exact) mass is 262 g/mol. The highest BCUT2D eigenvalue weighted by atomic mass is 16.1. The second-order valence-corrected chi connectivity index (χ2v) is 4.93. The number of unbranched alkanes of at least 4 members (excludes halogenated alkanes) is 1. The number of carbonyl (C=O) groups is 1. The number of carbonyl (C=O) groups excluding carboxylic acids is 1. The molecule has 0 aliphatic heterocycles. The molecule has 0 radical (unpaired) electrons. The highest BCUT2D eigenvalue weighted by Crippen LogP contribution is 2.11. The van der Waals surface area contributed by atoms with Crippen molar-refractivity contribution < 1.29 is 4.79 Å². The summed E-state index contributed by atoms with van der Waals surface area (Å²) in [7, 11) is 1.87. The zero-order chi connectivity index (χ0) is 14.1. The average Bonchev–Trinajstić information content (AvgIpc) is 2.45. The molecule has 2 N–H and O–H groups in total. The Bertz CT molecular complexity index is 373. The van der Waals surface area contributed by atoms with Gasteiger partial charge in [-0.2, -0.15) is 0 Å². The Morgan fingerprint density at radius 2 is 1.79 bits per heavy atom. The Kier molecular flexibility index (Phi) is 7.01. The fourth-order valence-corrected chi connectivity index (χ4v) is 2.14. The first-order valence-corrected chi connectivity index (χ1v) is 7.29. The zero-order valence-corrected chi connectivity index (χ0v) is 12.3. The van der Waals surface area contributed by atoms with Crippen molar-refractivity contribution in [3.05, 3.63) is 29.8 Å². The van der Waals surface area contributed by atoms with E-state index in [0.29, 0.717) is 6.04 Å². The summed E-state index contributed by atoms with van der Waals surface area (Å²) in [6.45, 7) is 4.34. The predicted octanol–water partition coefficient (Wildman–Crippen LogP) is 3.82. The molecule has 0 saturated carbocycles. The zero-order valence-electron chi connectivity index (χ0n) is 12.3. The minimum Gasteiger partial charge on any atom is -0.388 e. The maximum Gasteiger partial charge on any atom is 0.251 e. The Labute approximate surface area is 116 Å². The van der Waals surface area contributed by atoms with E-state index in [1.807, 2.05) is 31.3 Å². The number of amides is 1. The summed E-state index contributed by atoms with van der Waals surface area (Å²) in [5.41, 5.74) is 1.75. The van der Waals surface area contributed by atoms with E-state index in [1.54, 1.807) is 0 Å². The Balaban J connectivity index is 2.58. The van der Waals surface area contributed by atoms with Gasteiger partial charge in [0.25, 0.3) is 5.91 Å². The van der Waals surface area contributed by atoms with Gasteiger partial charge in [-0.25, -0.2) is 0 Å². The van der Waals surface area contributed by atoms with Crippen LogP contribution >= 0.6 is 0 Å². The molecule has 3 nitrogen and oxygen atoms in total. The van der Waals surface area contributed by atoms with E-state index in [4.69, 9.17) is 0 Å². The molecule has 0 spiro atoms. The molecule has 0 aliphatic rings. The van der Waals surface area contributed by atoms with Crippen LogP contribution in [0.3, 0.4) is 0 Å². The number of rotatable bonds is 8. The van der Waals surface area contributed by atoms with Crippen LogP contribution in [0.15, 0.2) is 24.3 Å². The van der Waals surface area contributed by atoms with E-state index in [2.05, 4.69) is 24.5 Å². The van der Waals surface area contributed by atoms with Gasteiger partial charge in [-0.05, 0) is 37.1 Å². The van der Waals surface area contributed by atoms with Crippen molar-refractivity contribution >= 4 is 11.6 Å². The Morgan fingerprint density at radius 1 is 1.11 bits per heavy atom. The summed E-state index contributed by atoms with van der Waals surface area (Å²) in [6.07, 6.45) is 5.58. The predicted molar refractivity (Wildman–Crippen MR) is 81.7 cm³/mol. The van der Waals surface area contributed by atoms with Gasteiger partial charge in [0.15, 0.2) is 0 Å². The smallest absolute Gasteiger partial charge is 0.251 e. The average molecular weight is 262 g/mol. The largest absolute Gasteiger partial charge is 0.388 e. The number of hydrogen-bond donors (Lipinski definition) is 2. The van der Waals surface area contributed by atoms with Gasteiger partial charge < -0.3 is 10.6 Å². The highest BCUT2D eigenvalue weighted by Gasteiger charge is 2.12. The number of benzene rings is 1. The molecule has 1 aromatic carbocycles. The lowest BCUT2D eigenvalue weighted by molar-refractivity contribution is 0.0932. The normalized spacial score (nSPS) is 11.9. The summed E-state index contributed by atoms with van der Waals surface area (Å²) in [5, 5.41) is 6.20. The summed E-state index contributed by atoms with van der Waals surface area (Å²) < 4.78 is 0. The Hall–Kier alpha value is -1.51. The molecule has 0 aliphatic carbocycles. The molecule has 106 valence electrons. The van der Waals surface area contributed by atoms with Crippen LogP contribution in [0.5, 0.6) is 0 Å². The van der Waals surface area contributed by atoms with Gasteiger partial charge in [0.2, 0.25) is 0 Å². The molecule has 1 unspecified atom stereocenters. The second-order valence-electron chi connectivity index (χ2n) is 4.93. The molecule has 1 rings (SSSR count). The molecule has 3 heteroatoms. The van der Waals surface area contributed by atoms with Crippen molar-refractivity contribution in [3.8, 4) is 0 Å². The van der Waals surface area contributed by atoms with Gasteiger partial charge in [-0.3, -0.25) is 4.79 Å². The topological polar surface area (TPSA) is 41.1 Å². The molecule has 0 fully saturated rings. The molecule has 19 heavy (non-hydrogen) atoms. The van der Waals surface area contributed by atoms with E-state index in [1.165, 1.54) is 12.8 Å². The first kappa shape index (κ1) is 15.5. The fourth-order valence-electron chi connectivity index (χ4n) is 2.14. The molecular weight excluding hydrogens is 236 g/mol. The lowest BCUT2D eigenvalue weighted by Crippen LogP contribution is -2.34. The van der Waals surface area contributed by atoms with E-state index in [9.17, 15) is 4.79 Å². The third-order valence-electron chi connectivity index (χ3n) is 3.31. The third kappa shape index (κ3) is 5.33. The van der Waals surface area contributed by atoms with E-state index >= 15 is 0 Å². The molecule has 1 amide bonds. The minimum atomic E-state index is 0.0391. The quantitative estimate of drug-likeness (QED) is 0.748.